The fourth-order valence-electron chi connectivity index (χ4n) is 2.66. The maximum atomic E-state index is 9.26. The molecule has 0 saturated carbocycles. The Morgan fingerprint density at radius 1 is 1.41 bits per heavy atom. The topological polar surface area (TPSA) is 63.9 Å². The van der Waals surface area contributed by atoms with Crippen molar-refractivity contribution in [2.75, 3.05) is 20.3 Å². The number of halogens is 1. The highest BCUT2D eigenvalue weighted by atomic mass is 35.5. The van der Waals surface area contributed by atoms with Gasteiger partial charge in [-0.3, -0.25) is 0 Å². The summed E-state index contributed by atoms with van der Waals surface area (Å²) in [6.07, 6.45) is 2.41. The third-order valence-corrected chi connectivity index (χ3v) is 4.32. The smallest absolute Gasteiger partial charge is 0.171 e. The lowest BCUT2D eigenvalue weighted by atomic mass is 9.79. The molecule has 0 spiro atoms. The van der Waals surface area contributed by atoms with Crippen LogP contribution in [0.25, 0.3) is 0 Å². The third-order valence-electron chi connectivity index (χ3n) is 4.05. The SMILES string of the molecule is COCCCOc1cc2c(nc1Cl)/C(=N/O)CC(C(C)C)C2. The standard InChI is InChI=1S/C16H23ClN2O3/c1-10(2)11-7-12-9-14(22-6-4-5-21-3)16(17)18-15(12)13(8-11)19-20/h9-11,20H,4-8H2,1-3H3/b19-13+. The van der Waals surface area contributed by atoms with E-state index in [-0.39, 0.29) is 0 Å². The minimum atomic E-state index is 0.306. The summed E-state index contributed by atoms with van der Waals surface area (Å²) in [5, 5.41) is 13.0. The van der Waals surface area contributed by atoms with Crippen LogP contribution in [0, 0.1) is 11.8 Å². The van der Waals surface area contributed by atoms with Crippen molar-refractivity contribution in [2.24, 2.45) is 17.0 Å². The molecule has 5 nitrogen and oxygen atoms in total. The number of aromatic nitrogens is 1. The highest BCUT2D eigenvalue weighted by molar-refractivity contribution is 6.31. The number of nitrogens with zero attached hydrogens (tertiary/aromatic N) is 2. The summed E-state index contributed by atoms with van der Waals surface area (Å²) in [7, 11) is 1.66. The quantitative estimate of drug-likeness (QED) is 0.376. The van der Waals surface area contributed by atoms with Gasteiger partial charge in [0.25, 0.3) is 0 Å². The Morgan fingerprint density at radius 3 is 2.82 bits per heavy atom. The Morgan fingerprint density at radius 2 is 2.18 bits per heavy atom. The molecule has 22 heavy (non-hydrogen) atoms. The van der Waals surface area contributed by atoms with Crippen molar-refractivity contribution < 1.29 is 14.7 Å². The van der Waals surface area contributed by atoms with Gasteiger partial charge in [0.1, 0.15) is 5.71 Å². The van der Waals surface area contributed by atoms with E-state index in [1.165, 1.54) is 0 Å². The molecule has 122 valence electrons. The van der Waals surface area contributed by atoms with Gasteiger partial charge in [-0.15, -0.1) is 0 Å². The predicted molar refractivity (Wildman–Crippen MR) is 86.2 cm³/mol. The number of pyridine rings is 1. The fourth-order valence-corrected chi connectivity index (χ4v) is 2.86. The molecule has 1 aromatic heterocycles. The van der Waals surface area contributed by atoms with Gasteiger partial charge in [0.05, 0.1) is 12.3 Å². The molecule has 0 aromatic carbocycles. The maximum Gasteiger partial charge on any atom is 0.171 e. The predicted octanol–water partition coefficient (Wildman–Crippen LogP) is 3.55. The summed E-state index contributed by atoms with van der Waals surface area (Å²) in [5.74, 6) is 1.52. The molecule has 0 bridgehead atoms. The number of oxime groups is 1. The number of ether oxygens (including phenoxy) is 2. The Bertz CT molecular complexity index is 546. The molecule has 0 amide bonds. The molecule has 1 heterocycles. The van der Waals surface area contributed by atoms with Gasteiger partial charge < -0.3 is 14.7 Å². The van der Waals surface area contributed by atoms with Crippen molar-refractivity contribution in [3.8, 4) is 5.75 Å². The molecule has 1 aliphatic rings. The normalized spacial score (nSPS) is 19.5. The van der Waals surface area contributed by atoms with Gasteiger partial charge in [0, 0.05) is 20.1 Å². The van der Waals surface area contributed by atoms with E-state index >= 15 is 0 Å². The highest BCUT2D eigenvalue weighted by Crippen LogP contribution is 2.34. The molecule has 0 fully saturated rings. The largest absolute Gasteiger partial charge is 0.490 e. The summed E-state index contributed by atoms with van der Waals surface area (Å²) in [5.41, 5.74) is 2.32. The zero-order valence-electron chi connectivity index (χ0n) is 13.3. The van der Waals surface area contributed by atoms with E-state index in [0.717, 1.165) is 24.8 Å². The summed E-state index contributed by atoms with van der Waals surface area (Å²) < 4.78 is 10.7. The van der Waals surface area contributed by atoms with E-state index in [4.69, 9.17) is 21.1 Å². The molecular formula is C16H23ClN2O3. The second-order valence-electron chi connectivity index (χ2n) is 5.94. The molecule has 1 atom stereocenters. The van der Waals surface area contributed by atoms with Crippen LogP contribution in [0.5, 0.6) is 5.75 Å². The summed E-state index contributed by atoms with van der Waals surface area (Å²) in [6.45, 7) is 5.53. The molecular weight excluding hydrogens is 304 g/mol. The Balaban J connectivity index is 2.22. The molecule has 0 saturated heterocycles. The Labute approximate surface area is 136 Å². The number of hydrogen-bond donors (Lipinski definition) is 1. The van der Waals surface area contributed by atoms with Crippen molar-refractivity contribution in [3.05, 3.63) is 22.5 Å². The van der Waals surface area contributed by atoms with Gasteiger partial charge >= 0.3 is 0 Å². The fraction of sp³-hybridized carbons (Fsp3) is 0.625. The molecule has 0 radical (unpaired) electrons. The van der Waals surface area contributed by atoms with Crippen LogP contribution in [0.3, 0.4) is 0 Å². The summed E-state index contributed by atoms with van der Waals surface area (Å²) in [6, 6.07) is 1.93. The average Bonchev–Trinajstić information content (AvgIpc) is 2.50. The van der Waals surface area contributed by atoms with Gasteiger partial charge in [-0.05, 0) is 36.3 Å². The molecule has 1 aromatic rings. The molecule has 1 N–H and O–H groups in total. The van der Waals surface area contributed by atoms with Gasteiger partial charge in [-0.2, -0.15) is 0 Å². The van der Waals surface area contributed by atoms with Crippen LogP contribution in [0.1, 0.15) is 37.9 Å². The molecule has 1 aliphatic carbocycles. The summed E-state index contributed by atoms with van der Waals surface area (Å²) in [4.78, 5) is 4.38. The van der Waals surface area contributed by atoms with E-state index in [1.54, 1.807) is 7.11 Å². The molecule has 0 aliphatic heterocycles. The lowest BCUT2D eigenvalue weighted by Crippen LogP contribution is -2.25. The van der Waals surface area contributed by atoms with Crippen LogP contribution in [0.4, 0.5) is 0 Å². The first-order chi connectivity index (χ1) is 10.6. The minimum Gasteiger partial charge on any atom is -0.490 e. The first-order valence-corrected chi connectivity index (χ1v) is 7.97. The minimum absolute atomic E-state index is 0.306. The van der Waals surface area contributed by atoms with Crippen LogP contribution < -0.4 is 4.74 Å². The van der Waals surface area contributed by atoms with Crippen LogP contribution in [0.15, 0.2) is 11.2 Å². The highest BCUT2D eigenvalue weighted by Gasteiger charge is 2.28. The van der Waals surface area contributed by atoms with Crippen molar-refractivity contribution in [2.45, 2.75) is 33.1 Å². The van der Waals surface area contributed by atoms with Crippen LogP contribution >= 0.6 is 11.6 Å². The maximum absolute atomic E-state index is 9.26. The Kier molecular flexibility index (Phi) is 6.03. The van der Waals surface area contributed by atoms with Crippen LogP contribution in [-0.4, -0.2) is 36.2 Å². The van der Waals surface area contributed by atoms with Crippen molar-refractivity contribution in [1.29, 1.82) is 0 Å². The lowest BCUT2D eigenvalue weighted by molar-refractivity contribution is 0.172. The molecule has 1 unspecified atom stereocenters. The van der Waals surface area contributed by atoms with E-state index in [9.17, 15) is 5.21 Å². The second kappa shape index (κ2) is 7.79. The lowest BCUT2D eigenvalue weighted by Gasteiger charge is -2.27. The van der Waals surface area contributed by atoms with Crippen LogP contribution in [0.2, 0.25) is 5.15 Å². The van der Waals surface area contributed by atoms with Crippen molar-refractivity contribution in [1.82, 2.24) is 4.98 Å². The van der Waals surface area contributed by atoms with Gasteiger partial charge in [-0.1, -0.05) is 30.6 Å². The summed E-state index contributed by atoms with van der Waals surface area (Å²) >= 11 is 6.19. The van der Waals surface area contributed by atoms with Gasteiger partial charge in [0.15, 0.2) is 10.9 Å². The first kappa shape index (κ1) is 17.0. The van der Waals surface area contributed by atoms with Crippen molar-refractivity contribution in [3.63, 3.8) is 0 Å². The zero-order chi connectivity index (χ0) is 16.1. The monoisotopic (exact) mass is 326 g/mol. The first-order valence-electron chi connectivity index (χ1n) is 7.59. The number of hydrogen-bond acceptors (Lipinski definition) is 5. The number of methoxy groups -OCH3 is 1. The van der Waals surface area contributed by atoms with E-state index in [1.807, 2.05) is 6.07 Å². The van der Waals surface area contributed by atoms with E-state index in [0.29, 0.717) is 47.4 Å². The van der Waals surface area contributed by atoms with E-state index < -0.39 is 0 Å². The molecule has 2 rings (SSSR count). The van der Waals surface area contributed by atoms with Crippen LogP contribution in [-0.2, 0) is 11.2 Å². The second-order valence-corrected chi connectivity index (χ2v) is 6.30. The van der Waals surface area contributed by atoms with Crippen molar-refractivity contribution >= 4 is 17.3 Å². The van der Waals surface area contributed by atoms with Gasteiger partial charge in [0.2, 0.25) is 0 Å². The molecule has 6 heteroatoms. The zero-order valence-corrected chi connectivity index (χ0v) is 14.1. The Hall–Kier alpha value is -1.33. The van der Waals surface area contributed by atoms with Gasteiger partial charge in [-0.25, -0.2) is 4.98 Å². The number of fused-ring (bicyclic) bond motifs is 1. The van der Waals surface area contributed by atoms with E-state index in [2.05, 4.69) is 24.0 Å². The average molecular weight is 327 g/mol. The number of rotatable bonds is 6. The third kappa shape index (κ3) is 3.90.